The Morgan fingerprint density at radius 2 is 1.37 bits per heavy atom. The lowest BCUT2D eigenvalue weighted by Gasteiger charge is -2.26. The summed E-state index contributed by atoms with van der Waals surface area (Å²) in [6.45, 7) is 3.06. The molecular formula is C50H47N3O12. The predicted molar refractivity (Wildman–Crippen MR) is 241 cm³/mol. The molecule has 0 bridgehead atoms. The monoisotopic (exact) mass is 881 g/mol. The van der Waals surface area contributed by atoms with Crippen molar-refractivity contribution in [2.45, 2.75) is 19.4 Å². The minimum Gasteiger partial charge on any atom is -0.508 e. The molecule has 0 radical (unpaired) electrons. The summed E-state index contributed by atoms with van der Waals surface area (Å²) < 4.78 is 28.1. The topological polar surface area (TPSA) is 203 Å². The molecule has 2 aliphatic heterocycles. The Morgan fingerprint density at radius 1 is 0.677 bits per heavy atom. The maximum Gasteiger partial charge on any atom is 0.336 e. The number of carbonyl (C=O) groups is 4. The minimum absolute atomic E-state index is 0.0632. The van der Waals surface area contributed by atoms with Gasteiger partial charge in [0.05, 0.1) is 70.7 Å². The maximum absolute atomic E-state index is 13.3. The Morgan fingerprint density at radius 3 is 2.14 bits per heavy atom. The third-order valence-electron chi connectivity index (χ3n) is 10.4. The number of benzene rings is 5. The molecule has 0 spiro atoms. The fraction of sp³-hybridized carbons (Fsp3) is 0.260. The Bertz CT molecular complexity index is 2770. The van der Waals surface area contributed by atoms with Gasteiger partial charge >= 0.3 is 5.97 Å². The molecule has 15 heteroatoms. The zero-order chi connectivity index (χ0) is 45.5. The van der Waals surface area contributed by atoms with Gasteiger partial charge in [0.2, 0.25) is 11.8 Å². The van der Waals surface area contributed by atoms with Crippen LogP contribution in [0, 0.1) is 11.8 Å². The first-order valence-corrected chi connectivity index (χ1v) is 21.1. The van der Waals surface area contributed by atoms with Crippen molar-refractivity contribution < 1.29 is 52.8 Å². The molecule has 0 unspecified atom stereocenters. The van der Waals surface area contributed by atoms with E-state index in [-0.39, 0.29) is 96.8 Å². The van der Waals surface area contributed by atoms with E-state index in [1.54, 1.807) is 17.0 Å². The lowest BCUT2D eigenvalue weighted by atomic mass is 9.89. The molecule has 0 atom stereocenters. The van der Waals surface area contributed by atoms with Crippen molar-refractivity contribution in [2.75, 3.05) is 70.8 Å². The molecule has 1 aliphatic carbocycles. The summed E-state index contributed by atoms with van der Waals surface area (Å²) in [5.41, 5.74) is 4.58. The van der Waals surface area contributed by atoms with Gasteiger partial charge in [0, 0.05) is 71.3 Å². The third kappa shape index (κ3) is 12.0. The number of rotatable bonds is 21. The highest BCUT2D eigenvalue weighted by atomic mass is 16.6. The van der Waals surface area contributed by atoms with Crippen molar-refractivity contribution in [2.24, 2.45) is 0 Å². The summed E-state index contributed by atoms with van der Waals surface area (Å²) in [6, 6.07) is 28.2. The van der Waals surface area contributed by atoms with Crippen molar-refractivity contribution >= 4 is 40.3 Å². The van der Waals surface area contributed by atoms with Gasteiger partial charge in [-0.1, -0.05) is 42.2 Å². The minimum atomic E-state index is -1.21. The second kappa shape index (κ2) is 22.3. The molecule has 4 N–H and O–H groups in total. The number of carboxylic acids is 1. The number of ether oxygens (including phenoxy) is 4. The molecular weight excluding hydrogens is 835 g/mol. The predicted octanol–water partition coefficient (Wildman–Crippen LogP) is 5.61. The fourth-order valence-electron chi connectivity index (χ4n) is 7.23. The largest absolute Gasteiger partial charge is 0.508 e. The highest BCUT2D eigenvalue weighted by Crippen LogP contribution is 2.42. The second-order valence-corrected chi connectivity index (χ2v) is 14.8. The average molecular weight is 882 g/mol. The first kappa shape index (κ1) is 45.7. The van der Waals surface area contributed by atoms with Gasteiger partial charge in [-0.25, -0.2) is 4.79 Å². The van der Waals surface area contributed by atoms with Gasteiger partial charge in [0.25, 0.3) is 5.91 Å². The molecule has 15 nitrogen and oxygen atoms in total. The molecule has 3 amide bonds. The van der Waals surface area contributed by atoms with Gasteiger partial charge in [0.1, 0.15) is 17.1 Å². The number of nitrogens with zero attached hydrogens (tertiary/aromatic N) is 1. The van der Waals surface area contributed by atoms with Crippen molar-refractivity contribution in [3.8, 4) is 40.0 Å². The molecule has 334 valence electrons. The molecule has 4 aromatic rings. The van der Waals surface area contributed by atoms with E-state index < -0.39 is 11.9 Å². The van der Waals surface area contributed by atoms with Gasteiger partial charge in [-0.3, -0.25) is 19.2 Å². The zero-order valence-electron chi connectivity index (χ0n) is 35.4. The van der Waals surface area contributed by atoms with E-state index in [2.05, 4.69) is 22.5 Å². The number of amides is 3. The van der Waals surface area contributed by atoms with Crippen LogP contribution in [0.1, 0.15) is 50.2 Å². The zero-order valence-corrected chi connectivity index (χ0v) is 35.4. The summed E-state index contributed by atoms with van der Waals surface area (Å²) >= 11 is 0. The number of nitrogens with one attached hydrogen (secondary N) is 2. The van der Waals surface area contributed by atoms with Crippen molar-refractivity contribution in [1.29, 1.82) is 0 Å². The van der Waals surface area contributed by atoms with Crippen LogP contribution < -0.4 is 21.0 Å². The van der Waals surface area contributed by atoms with E-state index >= 15 is 0 Å². The Hall–Kier alpha value is -7.35. The standard InChI is InChI=1S/C50H47N3O12/c54-37-12-15-40-44(30-37)65-45-31-38(55)13-16-41(45)48(40)42-29-35(11-14-39(42)50(59)60)49(58)52-20-22-62-24-26-64-28-27-63-25-23-61-21-18-46(56)51-19-17-47(57)53-32-36-7-2-1-5-33(36)9-10-34-6-3-4-8-43(34)53/h1-8,11-16,29-31,54H,17-28,32H2,(H,51,56)(H,52,58)(H,59,60). The average Bonchev–Trinajstić information content (AvgIpc) is 3.29. The number of phenolic OH excluding ortho intramolecular Hbond substituents is 1. The molecule has 0 saturated carbocycles. The van der Waals surface area contributed by atoms with Crippen molar-refractivity contribution in [1.82, 2.24) is 10.6 Å². The number of phenols is 1. The van der Waals surface area contributed by atoms with Gasteiger partial charge in [-0.05, 0) is 71.8 Å². The third-order valence-corrected chi connectivity index (χ3v) is 10.4. The summed E-state index contributed by atoms with van der Waals surface area (Å²) in [4.78, 5) is 65.1. The number of aromatic carboxylic acids is 1. The van der Waals surface area contributed by atoms with E-state index in [4.69, 9.17) is 23.4 Å². The number of hydrogen-bond donors (Lipinski definition) is 4. The quantitative estimate of drug-likeness (QED) is 0.0396. The van der Waals surface area contributed by atoms with Gasteiger partial charge in [0.15, 0.2) is 5.43 Å². The van der Waals surface area contributed by atoms with Crippen molar-refractivity contribution in [3.05, 3.63) is 141 Å². The van der Waals surface area contributed by atoms with Gasteiger partial charge in [-0.2, -0.15) is 0 Å². The van der Waals surface area contributed by atoms with Crippen LogP contribution in [0.4, 0.5) is 5.69 Å². The van der Waals surface area contributed by atoms with E-state index in [1.807, 2.05) is 48.5 Å². The lowest BCUT2D eigenvalue weighted by molar-refractivity contribution is -0.122. The normalized spacial score (nSPS) is 11.8. The molecule has 0 fully saturated rings. The van der Waals surface area contributed by atoms with Gasteiger partial charge in [-0.15, -0.1) is 0 Å². The Labute approximate surface area is 374 Å². The summed E-state index contributed by atoms with van der Waals surface area (Å²) in [7, 11) is 0. The van der Waals surface area contributed by atoms with Crippen LogP contribution in [0.3, 0.4) is 0 Å². The van der Waals surface area contributed by atoms with Gasteiger partial charge < -0.3 is 49.1 Å². The molecule has 65 heavy (non-hydrogen) atoms. The number of hydrogen-bond acceptors (Lipinski definition) is 11. The molecule has 4 aromatic carbocycles. The fourth-order valence-corrected chi connectivity index (χ4v) is 7.23. The Balaban J connectivity index is 0.738. The summed E-state index contributed by atoms with van der Waals surface area (Å²) in [5.74, 6) is 4.54. The number of anilines is 1. The number of fused-ring (bicyclic) bond motifs is 4. The SMILES string of the molecule is O=C(CCOCCOCCOCCOCCNC(=O)c1ccc(C(=O)O)c(-c2c3ccc(=O)cc-3oc3cc(O)ccc23)c1)NCCC(=O)N1Cc2ccccc2C#Cc2ccccc21. The molecule has 0 aromatic heterocycles. The number of para-hydroxylation sites is 1. The first-order chi connectivity index (χ1) is 31.7. The summed E-state index contributed by atoms with van der Waals surface area (Å²) in [5, 5.41) is 26.2. The maximum atomic E-state index is 13.3. The molecule has 7 rings (SSSR count). The summed E-state index contributed by atoms with van der Waals surface area (Å²) in [6.07, 6.45) is 0.288. The van der Waals surface area contributed by atoms with Crippen LogP contribution in [0.5, 0.6) is 5.75 Å². The van der Waals surface area contributed by atoms with Crippen LogP contribution in [0.15, 0.2) is 112 Å². The van der Waals surface area contributed by atoms with Crippen LogP contribution in [0.2, 0.25) is 0 Å². The highest BCUT2D eigenvalue weighted by molar-refractivity contribution is 6.09. The van der Waals surface area contributed by atoms with Crippen molar-refractivity contribution in [3.63, 3.8) is 0 Å². The Kier molecular flexibility index (Phi) is 15.7. The number of carboxylic acid groups (broad SMARTS) is 1. The number of aromatic hydroxyl groups is 1. The highest BCUT2D eigenvalue weighted by Gasteiger charge is 2.24. The van der Waals surface area contributed by atoms with Crippen LogP contribution in [-0.4, -0.2) is 99.8 Å². The van der Waals surface area contributed by atoms with Crippen LogP contribution >= 0.6 is 0 Å². The van der Waals surface area contributed by atoms with E-state index in [0.29, 0.717) is 56.1 Å². The first-order valence-electron chi connectivity index (χ1n) is 21.1. The number of carbonyl (C=O) groups excluding carboxylic acids is 3. The smallest absolute Gasteiger partial charge is 0.336 e. The molecule has 0 saturated heterocycles. The molecule has 3 aliphatic rings. The van der Waals surface area contributed by atoms with E-state index in [1.165, 1.54) is 42.5 Å². The van der Waals surface area contributed by atoms with E-state index in [9.17, 15) is 34.2 Å². The lowest BCUT2D eigenvalue weighted by Crippen LogP contribution is -2.35. The second-order valence-electron chi connectivity index (χ2n) is 14.8. The molecule has 2 heterocycles. The van der Waals surface area contributed by atoms with Crippen LogP contribution in [-0.2, 0) is 35.1 Å². The van der Waals surface area contributed by atoms with E-state index in [0.717, 1.165) is 22.4 Å². The van der Waals surface area contributed by atoms with Crippen LogP contribution in [0.25, 0.3) is 33.4 Å².